The number of hydrogen-bond acceptors (Lipinski definition) is 4. The van der Waals surface area contributed by atoms with Gasteiger partial charge >= 0.3 is 0 Å². The van der Waals surface area contributed by atoms with Crippen LogP contribution in [-0.2, 0) is 6.61 Å². The maximum Gasteiger partial charge on any atom is 0.152 e. The van der Waals surface area contributed by atoms with Gasteiger partial charge < -0.3 is 9.94 Å². The van der Waals surface area contributed by atoms with Crippen molar-refractivity contribution < 1.29 is 9.94 Å². The van der Waals surface area contributed by atoms with Gasteiger partial charge in [-0.1, -0.05) is 35.5 Å². The van der Waals surface area contributed by atoms with Gasteiger partial charge in [0.2, 0.25) is 0 Å². The van der Waals surface area contributed by atoms with Gasteiger partial charge in [-0.05, 0) is 33.6 Å². The Bertz CT molecular complexity index is 544. The Morgan fingerprint density at radius 2 is 2.00 bits per heavy atom. The Morgan fingerprint density at radius 1 is 1.22 bits per heavy atom. The third-order valence-corrected chi connectivity index (χ3v) is 2.83. The summed E-state index contributed by atoms with van der Waals surface area (Å²) < 4.78 is 6.22. The van der Waals surface area contributed by atoms with Gasteiger partial charge in [-0.2, -0.15) is 0 Å². The zero-order chi connectivity index (χ0) is 12.8. The molecule has 18 heavy (non-hydrogen) atoms. The molecule has 0 unspecified atom stereocenters. The molecule has 0 fully saturated rings. The van der Waals surface area contributed by atoms with Crippen LogP contribution in [0.3, 0.4) is 0 Å². The van der Waals surface area contributed by atoms with Crippen molar-refractivity contribution in [2.24, 2.45) is 5.16 Å². The molecular weight excluding hydrogens is 296 g/mol. The minimum atomic E-state index is 0.481. The molecule has 2 aromatic rings. The molecule has 0 atom stereocenters. The fourth-order valence-corrected chi connectivity index (χ4v) is 1.86. The fraction of sp³-hybridized carbons (Fsp3) is 0.0769. The van der Waals surface area contributed by atoms with E-state index in [4.69, 9.17) is 9.94 Å². The van der Waals surface area contributed by atoms with Crippen molar-refractivity contribution in [3.8, 4) is 5.75 Å². The van der Waals surface area contributed by atoms with Crippen molar-refractivity contribution in [3.05, 3.63) is 58.3 Å². The summed E-state index contributed by atoms with van der Waals surface area (Å²) in [6.07, 6.45) is 1.26. The summed E-state index contributed by atoms with van der Waals surface area (Å²) in [6, 6.07) is 13.4. The highest BCUT2D eigenvalue weighted by Gasteiger charge is 2.03. The number of benzene rings is 1. The van der Waals surface area contributed by atoms with E-state index in [0.717, 1.165) is 5.56 Å². The molecule has 0 aliphatic rings. The van der Waals surface area contributed by atoms with Crippen LogP contribution in [0.15, 0.2) is 52.2 Å². The Kier molecular flexibility index (Phi) is 4.30. The summed E-state index contributed by atoms with van der Waals surface area (Å²) in [6.45, 7) is 0.481. The molecule has 0 amide bonds. The molecule has 0 saturated heterocycles. The molecule has 0 spiro atoms. The predicted molar refractivity (Wildman–Crippen MR) is 72.1 cm³/mol. The Hall–Kier alpha value is -1.88. The lowest BCUT2D eigenvalue weighted by molar-refractivity contribution is 0.302. The lowest BCUT2D eigenvalue weighted by Gasteiger charge is -2.07. The molecule has 1 aromatic heterocycles. The molecular formula is C13H11BrN2O2. The van der Waals surface area contributed by atoms with Gasteiger partial charge in [-0.3, -0.25) is 0 Å². The third-order valence-electron chi connectivity index (χ3n) is 2.26. The van der Waals surface area contributed by atoms with Crippen LogP contribution < -0.4 is 4.74 Å². The van der Waals surface area contributed by atoms with Crippen molar-refractivity contribution in [2.45, 2.75) is 6.61 Å². The first-order valence-corrected chi connectivity index (χ1v) is 6.09. The molecule has 92 valence electrons. The first-order valence-electron chi connectivity index (χ1n) is 5.30. The summed E-state index contributed by atoms with van der Waals surface area (Å²) in [7, 11) is 0. The largest absolute Gasteiger partial charge is 0.486 e. The molecule has 1 heterocycles. The molecule has 0 aliphatic heterocycles. The zero-order valence-electron chi connectivity index (χ0n) is 9.45. The number of aromatic nitrogens is 1. The maximum atomic E-state index is 8.41. The van der Waals surface area contributed by atoms with E-state index < -0.39 is 0 Å². The number of rotatable bonds is 4. The monoisotopic (exact) mass is 306 g/mol. The molecule has 0 aliphatic carbocycles. The summed E-state index contributed by atoms with van der Waals surface area (Å²) in [4.78, 5) is 4.16. The van der Waals surface area contributed by atoms with Gasteiger partial charge in [0.05, 0.1) is 11.9 Å². The number of oxime groups is 1. The van der Waals surface area contributed by atoms with Crippen LogP contribution in [0.2, 0.25) is 0 Å². The molecule has 1 aromatic carbocycles. The first kappa shape index (κ1) is 12.6. The first-order chi connectivity index (χ1) is 8.79. The highest BCUT2D eigenvalue weighted by Crippen LogP contribution is 2.23. The minimum absolute atomic E-state index is 0.481. The van der Waals surface area contributed by atoms with Crippen LogP contribution in [0.5, 0.6) is 5.75 Å². The molecule has 0 saturated carbocycles. The highest BCUT2D eigenvalue weighted by molar-refractivity contribution is 9.10. The van der Waals surface area contributed by atoms with E-state index in [1.165, 1.54) is 6.21 Å². The van der Waals surface area contributed by atoms with Crippen LogP contribution in [0.1, 0.15) is 11.3 Å². The Morgan fingerprint density at radius 3 is 2.67 bits per heavy atom. The number of pyridine rings is 1. The molecule has 4 nitrogen and oxygen atoms in total. The van der Waals surface area contributed by atoms with E-state index in [0.29, 0.717) is 22.7 Å². The number of hydrogen-bond donors (Lipinski definition) is 1. The zero-order valence-corrected chi connectivity index (χ0v) is 11.0. The van der Waals surface area contributed by atoms with Gasteiger partial charge in [0.15, 0.2) is 5.75 Å². The summed E-state index contributed by atoms with van der Waals surface area (Å²) in [5, 5.41) is 11.3. The second-order valence-electron chi connectivity index (χ2n) is 3.54. The van der Waals surface area contributed by atoms with E-state index in [1.54, 1.807) is 12.1 Å². The van der Waals surface area contributed by atoms with Gasteiger partial charge in [-0.25, -0.2) is 4.98 Å². The Labute approximate surface area is 113 Å². The van der Waals surface area contributed by atoms with Crippen molar-refractivity contribution in [3.63, 3.8) is 0 Å². The summed E-state index contributed by atoms with van der Waals surface area (Å²) in [5.41, 5.74) is 1.64. The van der Waals surface area contributed by atoms with Gasteiger partial charge in [0.25, 0.3) is 0 Å². The van der Waals surface area contributed by atoms with Crippen LogP contribution in [0.25, 0.3) is 0 Å². The minimum Gasteiger partial charge on any atom is -0.486 e. The van der Waals surface area contributed by atoms with E-state index in [1.807, 2.05) is 30.3 Å². The summed E-state index contributed by atoms with van der Waals surface area (Å²) in [5.74, 6) is 0.647. The van der Waals surface area contributed by atoms with Crippen LogP contribution in [0.4, 0.5) is 0 Å². The van der Waals surface area contributed by atoms with Crippen molar-refractivity contribution in [2.75, 3.05) is 0 Å². The molecule has 0 radical (unpaired) electrons. The standard InChI is InChI=1S/C13H11BrN2O2/c14-13-12(7-6-11(16-13)8-15-17)18-9-10-4-2-1-3-5-10/h1-8,17H,9H2/b15-8+. The number of nitrogens with zero attached hydrogens (tertiary/aromatic N) is 2. The van der Waals surface area contributed by atoms with Crippen LogP contribution in [0, 0.1) is 0 Å². The second kappa shape index (κ2) is 6.16. The fourth-order valence-electron chi connectivity index (χ4n) is 1.41. The lowest BCUT2D eigenvalue weighted by Crippen LogP contribution is -1.98. The smallest absolute Gasteiger partial charge is 0.152 e. The van der Waals surface area contributed by atoms with Crippen LogP contribution >= 0.6 is 15.9 Å². The second-order valence-corrected chi connectivity index (χ2v) is 4.30. The van der Waals surface area contributed by atoms with E-state index in [-0.39, 0.29) is 0 Å². The van der Waals surface area contributed by atoms with Gasteiger partial charge in [0.1, 0.15) is 11.2 Å². The molecule has 2 rings (SSSR count). The van der Waals surface area contributed by atoms with E-state index in [2.05, 4.69) is 26.1 Å². The average molecular weight is 307 g/mol. The number of ether oxygens (including phenoxy) is 1. The topological polar surface area (TPSA) is 54.7 Å². The van der Waals surface area contributed by atoms with Crippen LogP contribution in [-0.4, -0.2) is 16.4 Å². The Balaban J connectivity index is 2.06. The van der Waals surface area contributed by atoms with E-state index in [9.17, 15) is 0 Å². The molecule has 0 bridgehead atoms. The quantitative estimate of drug-likeness (QED) is 0.408. The molecule has 5 heteroatoms. The summed E-state index contributed by atoms with van der Waals surface area (Å²) >= 11 is 3.31. The average Bonchev–Trinajstić information content (AvgIpc) is 2.39. The van der Waals surface area contributed by atoms with Crippen molar-refractivity contribution >= 4 is 22.1 Å². The van der Waals surface area contributed by atoms with Crippen molar-refractivity contribution in [1.82, 2.24) is 4.98 Å². The van der Waals surface area contributed by atoms with Gasteiger partial charge in [-0.15, -0.1) is 0 Å². The normalized spacial score (nSPS) is 10.7. The highest BCUT2D eigenvalue weighted by atomic mass is 79.9. The lowest BCUT2D eigenvalue weighted by atomic mass is 10.2. The van der Waals surface area contributed by atoms with E-state index >= 15 is 0 Å². The third kappa shape index (κ3) is 3.30. The number of halogens is 1. The SMILES string of the molecule is O/N=C/c1ccc(OCc2ccccc2)c(Br)n1. The predicted octanol–water partition coefficient (Wildman–Crippen LogP) is 3.23. The van der Waals surface area contributed by atoms with Crippen molar-refractivity contribution in [1.29, 1.82) is 0 Å². The maximum absolute atomic E-state index is 8.41. The molecule has 1 N–H and O–H groups in total. The van der Waals surface area contributed by atoms with Gasteiger partial charge in [0, 0.05) is 0 Å².